The number of methoxy groups -OCH3 is 1. The molecule has 3 atom stereocenters. The molecule has 0 radical (unpaired) electrons. The average Bonchev–Trinajstić information content (AvgIpc) is 2.83. The highest BCUT2D eigenvalue weighted by Gasteiger charge is 2.46. The van der Waals surface area contributed by atoms with Crippen LogP contribution in [0.1, 0.15) is 34.0 Å². The third kappa shape index (κ3) is 11.0. The zero-order valence-electron chi connectivity index (χ0n) is 21.9. The van der Waals surface area contributed by atoms with Gasteiger partial charge in [0.15, 0.2) is 0 Å². The summed E-state index contributed by atoms with van der Waals surface area (Å²) in [6.45, 7) is 2.40. The van der Waals surface area contributed by atoms with Crippen molar-refractivity contribution in [3.05, 3.63) is 33.1 Å². The van der Waals surface area contributed by atoms with Gasteiger partial charge in [-0.1, -0.05) is 0 Å². The third-order valence-electron chi connectivity index (χ3n) is 4.57. The molecule has 0 unspecified atom stereocenters. The van der Waals surface area contributed by atoms with Crippen molar-refractivity contribution in [1.29, 1.82) is 0 Å². The highest BCUT2D eigenvalue weighted by atomic mass is 31.2. The van der Waals surface area contributed by atoms with Gasteiger partial charge in [-0.3, -0.25) is 18.9 Å². The Morgan fingerprint density at radius 1 is 1.08 bits per heavy atom. The number of aromatic amines is 1. The van der Waals surface area contributed by atoms with Gasteiger partial charge in [-0.15, -0.1) is 0 Å². The predicted octanol–water partition coefficient (Wildman–Crippen LogP) is 0.906. The lowest BCUT2D eigenvalue weighted by Gasteiger charge is -2.37. The van der Waals surface area contributed by atoms with E-state index in [2.05, 4.69) is 9.47 Å². The van der Waals surface area contributed by atoms with Crippen LogP contribution in [-0.2, 0) is 41.8 Å². The number of halogens is 1. The molecular weight excluding hydrogens is 556 g/mol. The fourth-order valence-electron chi connectivity index (χ4n) is 2.58. The van der Waals surface area contributed by atoms with Crippen LogP contribution in [0.4, 0.5) is 14.0 Å². The molecule has 4 N–H and O–H groups in total. The summed E-state index contributed by atoms with van der Waals surface area (Å²) in [5.74, 6) is 0. The molecule has 1 rings (SSSR count). The van der Waals surface area contributed by atoms with E-state index in [0.717, 1.165) is 19.4 Å². The second kappa shape index (κ2) is 15.7. The maximum absolute atomic E-state index is 15.1. The lowest BCUT2D eigenvalue weighted by Crippen LogP contribution is -2.57. The molecular formula is C20H33FN3O14P. The number of hydrogen-bond acceptors (Lipinski definition) is 15. The Bertz CT molecular complexity index is 1060. The number of aliphatic hydroxyl groups is 1. The van der Waals surface area contributed by atoms with Gasteiger partial charge < -0.3 is 34.5 Å². The first-order chi connectivity index (χ1) is 18.2. The number of phosphoric acid groups is 1. The number of nitrogens with one attached hydrogen (secondary N) is 1. The second-order valence-electron chi connectivity index (χ2n) is 8.14. The van der Waals surface area contributed by atoms with Crippen LogP contribution in [0, 0.1) is 0 Å². The smallest absolute Gasteiger partial charge is 0.432 e. The molecule has 19 heteroatoms. The molecule has 1 aromatic rings. The minimum atomic E-state index is -4.83. The van der Waals surface area contributed by atoms with E-state index in [0.29, 0.717) is 4.57 Å². The van der Waals surface area contributed by atoms with Gasteiger partial charge in [0.25, 0.3) is 5.56 Å². The minimum absolute atomic E-state index is 0.352. The topological polar surface area (TPSA) is 226 Å². The molecule has 39 heavy (non-hydrogen) atoms. The number of nitrogens with two attached hydrogens (primary N) is 1. The van der Waals surface area contributed by atoms with Gasteiger partial charge >= 0.3 is 25.8 Å². The zero-order valence-corrected chi connectivity index (χ0v) is 22.8. The van der Waals surface area contributed by atoms with E-state index in [1.807, 2.05) is 4.98 Å². The standard InChI is InChI=1S/C20H33FN3O14P/c1-12(2)37-18(28)32-10-35-39(30,36-11-33-19(29)38-13(3)4)34-9-20(8-22,31-5)15(26)16(21)24-7-6-14(25)23-17(24)27/h6-7,12-13,15-16,26H,8-11,22H2,1-5H3,(H,23,25,27)/t15-,16-,20+/m0/s1. The van der Waals surface area contributed by atoms with Gasteiger partial charge in [0.1, 0.15) is 11.7 Å². The maximum atomic E-state index is 15.1. The Kier molecular flexibility index (Phi) is 13.7. The monoisotopic (exact) mass is 589 g/mol. The number of aliphatic hydroxyl groups excluding tert-OH is 1. The van der Waals surface area contributed by atoms with Gasteiger partial charge in [-0.05, 0) is 27.7 Å². The molecule has 0 fully saturated rings. The number of carbonyl (C=O) groups excluding carboxylic acids is 2. The fourth-order valence-corrected chi connectivity index (χ4v) is 3.55. The number of phosphoric ester groups is 1. The van der Waals surface area contributed by atoms with Crippen LogP contribution in [0.5, 0.6) is 0 Å². The number of ether oxygens (including phenoxy) is 5. The average molecular weight is 589 g/mol. The van der Waals surface area contributed by atoms with Crippen LogP contribution >= 0.6 is 7.82 Å². The number of nitrogens with zero attached hydrogens (tertiary/aromatic N) is 1. The van der Waals surface area contributed by atoms with E-state index in [4.69, 9.17) is 33.5 Å². The molecule has 17 nitrogen and oxygen atoms in total. The Labute approximate surface area is 221 Å². The van der Waals surface area contributed by atoms with Crippen molar-refractivity contribution in [3.8, 4) is 0 Å². The number of aromatic nitrogens is 2. The highest BCUT2D eigenvalue weighted by molar-refractivity contribution is 7.48. The number of H-pyrrole nitrogens is 1. The quantitative estimate of drug-likeness (QED) is 0.138. The molecule has 1 aromatic heterocycles. The SMILES string of the molecule is CO[C@](CN)(COP(=O)(OCOC(=O)OC(C)C)OCOC(=O)OC(C)C)[C@@H](O)[C@@H](F)n1ccc(=O)[nH]c1=O. The first-order valence-corrected chi connectivity index (χ1v) is 12.7. The van der Waals surface area contributed by atoms with Crippen LogP contribution < -0.4 is 17.0 Å². The third-order valence-corrected chi connectivity index (χ3v) is 5.86. The second-order valence-corrected chi connectivity index (χ2v) is 9.81. The Hall–Kier alpha value is -2.86. The molecule has 0 aromatic carbocycles. The summed E-state index contributed by atoms with van der Waals surface area (Å²) in [5.41, 5.74) is 1.49. The minimum Gasteiger partial charge on any atom is -0.432 e. The number of hydrogen-bond donors (Lipinski definition) is 3. The molecule has 0 spiro atoms. The molecule has 224 valence electrons. The molecule has 0 aliphatic heterocycles. The number of rotatable bonds is 16. The van der Waals surface area contributed by atoms with Crippen LogP contribution in [0.2, 0.25) is 0 Å². The van der Waals surface area contributed by atoms with Crippen LogP contribution in [0.25, 0.3) is 0 Å². The van der Waals surface area contributed by atoms with Crippen molar-refractivity contribution in [2.75, 3.05) is 33.8 Å². The van der Waals surface area contributed by atoms with Crippen molar-refractivity contribution >= 4 is 20.1 Å². The summed E-state index contributed by atoms with van der Waals surface area (Å²) in [6, 6.07) is 0.832. The molecule has 0 saturated heterocycles. The first-order valence-electron chi connectivity index (χ1n) is 11.3. The molecule has 0 bridgehead atoms. The molecule has 0 amide bonds. The fraction of sp³-hybridized carbons (Fsp3) is 0.700. The largest absolute Gasteiger partial charge is 0.510 e. The summed E-state index contributed by atoms with van der Waals surface area (Å²) in [7, 11) is -3.83. The summed E-state index contributed by atoms with van der Waals surface area (Å²) < 4.78 is 67.3. The predicted molar refractivity (Wildman–Crippen MR) is 127 cm³/mol. The van der Waals surface area contributed by atoms with E-state index in [1.54, 1.807) is 0 Å². The summed E-state index contributed by atoms with van der Waals surface area (Å²) in [4.78, 5) is 48.2. The van der Waals surface area contributed by atoms with E-state index in [9.17, 15) is 28.8 Å². The zero-order chi connectivity index (χ0) is 29.8. The molecule has 0 saturated carbocycles. The Morgan fingerprint density at radius 2 is 1.59 bits per heavy atom. The lowest BCUT2D eigenvalue weighted by molar-refractivity contribution is -0.159. The van der Waals surface area contributed by atoms with Gasteiger partial charge in [0, 0.05) is 25.9 Å². The Morgan fingerprint density at radius 3 is 2.00 bits per heavy atom. The van der Waals surface area contributed by atoms with E-state index < -0.39 is 88.3 Å². The summed E-state index contributed by atoms with van der Waals surface area (Å²) in [5, 5.41) is 10.7. The van der Waals surface area contributed by atoms with Crippen LogP contribution in [-0.4, -0.2) is 84.7 Å². The molecule has 0 aliphatic carbocycles. The Balaban J connectivity index is 3.07. The van der Waals surface area contributed by atoms with Crippen molar-refractivity contribution in [2.45, 2.75) is 57.9 Å². The van der Waals surface area contributed by atoms with E-state index in [-0.39, 0.29) is 0 Å². The lowest BCUT2D eigenvalue weighted by atomic mass is 9.96. The van der Waals surface area contributed by atoms with Crippen molar-refractivity contribution in [2.24, 2.45) is 5.73 Å². The van der Waals surface area contributed by atoms with Crippen LogP contribution in [0.15, 0.2) is 21.9 Å². The molecule has 1 heterocycles. The summed E-state index contributed by atoms with van der Waals surface area (Å²) >= 11 is 0. The van der Waals surface area contributed by atoms with E-state index >= 15 is 4.39 Å². The van der Waals surface area contributed by atoms with Crippen LogP contribution in [0.3, 0.4) is 0 Å². The van der Waals surface area contributed by atoms with E-state index in [1.165, 1.54) is 27.7 Å². The van der Waals surface area contributed by atoms with Crippen molar-refractivity contribution in [1.82, 2.24) is 9.55 Å². The summed E-state index contributed by atoms with van der Waals surface area (Å²) in [6.07, 6.45) is -7.48. The highest BCUT2D eigenvalue weighted by Crippen LogP contribution is 2.50. The normalized spacial score (nSPS) is 14.9. The maximum Gasteiger partial charge on any atom is 0.510 e. The van der Waals surface area contributed by atoms with Crippen molar-refractivity contribution in [3.63, 3.8) is 0 Å². The number of carbonyl (C=O) groups is 2. The number of alkyl halides is 1. The van der Waals surface area contributed by atoms with Gasteiger partial charge in [0.05, 0.1) is 18.8 Å². The van der Waals surface area contributed by atoms with Crippen molar-refractivity contribution < 1.29 is 60.9 Å². The van der Waals surface area contributed by atoms with Gasteiger partial charge in [-0.25, -0.2) is 32.4 Å². The van der Waals surface area contributed by atoms with Gasteiger partial charge in [0.2, 0.25) is 19.9 Å². The van der Waals surface area contributed by atoms with Gasteiger partial charge in [-0.2, -0.15) is 0 Å². The molecule has 0 aliphatic rings. The first kappa shape index (κ1) is 34.2.